The number of halogens is 3. The number of hydrogen-bond acceptors (Lipinski definition) is 5. The lowest BCUT2D eigenvalue weighted by atomic mass is 10.1. The largest absolute Gasteiger partial charge is 0.419 e. The average Bonchev–Trinajstić information content (AvgIpc) is 3.05. The van der Waals surface area contributed by atoms with Gasteiger partial charge < -0.3 is 21.4 Å². The lowest BCUT2D eigenvalue weighted by Crippen LogP contribution is -2.38. The maximum absolute atomic E-state index is 13.3. The van der Waals surface area contributed by atoms with Crippen LogP contribution in [0.5, 0.6) is 0 Å². The van der Waals surface area contributed by atoms with Gasteiger partial charge in [-0.15, -0.1) is 0 Å². The average molecular weight is 354 g/mol. The molecule has 2 aromatic rings. The summed E-state index contributed by atoms with van der Waals surface area (Å²) >= 11 is 0. The van der Waals surface area contributed by atoms with E-state index in [1.165, 1.54) is 12.3 Å². The number of nitrogens with two attached hydrogens (primary N) is 1. The van der Waals surface area contributed by atoms with Crippen LogP contribution in [0.25, 0.3) is 11.3 Å². The van der Waals surface area contributed by atoms with E-state index >= 15 is 0 Å². The highest BCUT2D eigenvalue weighted by Gasteiger charge is 2.36. The summed E-state index contributed by atoms with van der Waals surface area (Å²) in [5.41, 5.74) is 3.98. The molecule has 0 aromatic carbocycles. The first-order chi connectivity index (χ1) is 11.8. The zero-order chi connectivity index (χ0) is 18.0. The first kappa shape index (κ1) is 17.2. The predicted octanol–water partition coefficient (Wildman–Crippen LogP) is 1.75. The highest BCUT2D eigenvalue weighted by atomic mass is 19.4. The fourth-order valence-electron chi connectivity index (χ4n) is 2.71. The monoisotopic (exact) mass is 354 g/mol. The van der Waals surface area contributed by atoms with Crippen LogP contribution in [0.3, 0.4) is 0 Å². The molecule has 1 atom stereocenters. The number of nitrogens with one attached hydrogen (secondary N) is 3. The summed E-state index contributed by atoms with van der Waals surface area (Å²) in [6.07, 6.45) is -0.764. The first-order valence-corrected chi connectivity index (χ1v) is 7.74. The molecule has 7 nitrogen and oxygen atoms in total. The third-order valence-corrected chi connectivity index (χ3v) is 3.95. The van der Waals surface area contributed by atoms with Crippen molar-refractivity contribution in [1.29, 1.82) is 0 Å². The van der Waals surface area contributed by atoms with Crippen molar-refractivity contribution in [2.45, 2.75) is 25.1 Å². The molecule has 0 radical (unpaired) electrons. The third kappa shape index (κ3) is 3.90. The van der Waals surface area contributed by atoms with Crippen LogP contribution in [0.2, 0.25) is 0 Å². The number of hydrogen-bond donors (Lipinski definition) is 4. The summed E-state index contributed by atoms with van der Waals surface area (Å²) in [5, 5.41) is 6.24. The smallest absolute Gasteiger partial charge is 0.364 e. The Morgan fingerprint density at radius 3 is 2.80 bits per heavy atom. The number of piperidine rings is 1. The van der Waals surface area contributed by atoms with Gasteiger partial charge in [0.05, 0.1) is 5.69 Å². The minimum absolute atomic E-state index is 0.00715. The van der Waals surface area contributed by atoms with E-state index in [1.807, 2.05) is 0 Å². The van der Waals surface area contributed by atoms with Crippen molar-refractivity contribution in [3.05, 3.63) is 29.7 Å². The Kier molecular flexibility index (Phi) is 4.62. The van der Waals surface area contributed by atoms with Gasteiger partial charge in [-0.1, -0.05) is 0 Å². The molecule has 10 heteroatoms. The van der Waals surface area contributed by atoms with Gasteiger partial charge in [-0.3, -0.25) is 4.79 Å². The number of alkyl halides is 3. The molecule has 0 unspecified atom stereocenters. The lowest BCUT2D eigenvalue weighted by molar-refractivity contribution is -0.137. The van der Waals surface area contributed by atoms with E-state index < -0.39 is 17.6 Å². The number of aromatic amines is 1. The maximum atomic E-state index is 13.3. The summed E-state index contributed by atoms with van der Waals surface area (Å²) in [7, 11) is 0. The number of carbonyl (C=O) groups excluding carboxylic acids is 1. The van der Waals surface area contributed by atoms with Gasteiger partial charge in [0.2, 0.25) is 5.95 Å². The molecule has 3 heterocycles. The van der Waals surface area contributed by atoms with E-state index in [-0.39, 0.29) is 28.9 Å². The molecule has 2 aromatic heterocycles. The van der Waals surface area contributed by atoms with Crippen LogP contribution >= 0.6 is 0 Å². The van der Waals surface area contributed by atoms with Crippen molar-refractivity contribution >= 4 is 11.9 Å². The maximum Gasteiger partial charge on any atom is 0.419 e. The summed E-state index contributed by atoms with van der Waals surface area (Å²) in [6.45, 7) is 1.60. The second-order valence-corrected chi connectivity index (χ2v) is 5.81. The molecular weight excluding hydrogens is 337 g/mol. The SMILES string of the molecule is NC(=O)c1cc(-c2nc(N[C@H]3CCCNC3)ncc2C(F)(F)F)c[nH]1. The standard InChI is InChI=1S/C15H17F3N6O/c16-15(17,18)10-7-22-14(23-9-2-1-3-20-6-9)24-12(10)8-4-11(13(19)25)21-5-8/h4-5,7,9,20-21H,1-3,6H2,(H2,19,25)(H,22,23,24)/t9-/m0/s1. The zero-order valence-corrected chi connectivity index (χ0v) is 13.2. The Hall–Kier alpha value is -2.62. The van der Waals surface area contributed by atoms with Crippen LogP contribution in [-0.4, -0.2) is 40.0 Å². The number of H-pyrrole nitrogens is 1. The minimum Gasteiger partial charge on any atom is -0.364 e. The first-order valence-electron chi connectivity index (χ1n) is 7.74. The molecule has 3 rings (SSSR count). The van der Waals surface area contributed by atoms with Gasteiger partial charge in [-0.05, 0) is 25.5 Å². The van der Waals surface area contributed by atoms with E-state index in [1.54, 1.807) is 0 Å². The summed E-state index contributed by atoms with van der Waals surface area (Å²) in [6, 6.07) is 1.29. The molecule has 0 bridgehead atoms. The van der Waals surface area contributed by atoms with Crippen LogP contribution in [0, 0.1) is 0 Å². The van der Waals surface area contributed by atoms with Gasteiger partial charge in [0.1, 0.15) is 11.3 Å². The summed E-state index contributed by atoms with van der Waals surface area (Å²) < 4.78 is 39.8. The fourth-order valence-corrected chi connectivity index (χ4v) is 2.71. The number of aromatic nitrogens is 3. The molecular formula is C15H17F3N6O. The van der Waals surface area contributed by atoms with Crippen LogP contribution in [-0.2, 0) is 6.18 Å². The summed E-state index contributed by atoms with van der Waals surface area (Å²) in [4.78, 5) is 21.6. The van der Waals surface area contributed by atoms with Crippen molar-refractivity contribution in [2.75, 3.05) is 18.4 Å². The zero-order valence-electron chi connectivity index (χ0n) is 13.2. The van der Waals surface area contributed by atoms with Crippen molar-refractivity contribution < 1.29 is 18.0 Å². The second kappa shape index (κ2) is 6.71. The lowest BCUT2D eigenvalue weighted by Gasteiger charge is -2.24. The van der Waals surface area contributed by atoms with Crippen molar-refractivity contribution in [3.8, 4) is 11.3 Å². The number of primary amides is 1. The number of carbonyl (C=O) groups is 1. The Morgan fingerprint density at radius 1 is 1.40 bits per heavy atom. The number of nitrogens with zero attached hydrogens (tertiary/aromatic N) is 2. The quantitative estimate of drug-likeness (QED) is 0.669. The molecule has 1 fully saturated rings. The number of amides is 1. The van der Waals surface area contributed by atoms with Crippen LogP contribution in [0.4, 0.5) is 19.1 Å². The van der Waals surface area contributed by atoms with Gasteiger partial charge >= 0.3 is 6.18 Å². The van der Waals surface area contributed by atoms with E-state index in [0.717, 1.165) is 25.6 Å². The molecule has 1 aliphatic heterocycles. The molecule has 1 saturated heterocycles. The van der Waals surface area contributed by atoms with E-state index in [9.17, 15) is 18.0 Å². The van der Waals surface area contributed by atoms with E-state index in [4.69, 9.17) is 5.73 Å². The van der Waals surface area contributed by atoms with E-state index in [2.05, 4.69) is 25.6 Å². The fraction of sp³-hybridized carbons (Fsp3) is 0.400. The molecule has 0 aliphatic carbocycles. The Labute approximate surface area is 141 Å². The molecule has 25 heavy (non-hydrogen) atoms. The predicted molar refractivity (Wildman–Crippen MR) is 84.9 cm³/mol. The molecule has 0 saturated carbocycles. The topological polar surface area (TPSA) is 109 Å². The van der Waals surface area contributed by atoms with Gasteiger partial charge in [0, 0.05) is 30.5 Å². The van der Waals surface area contributed by atoms with Crippen LogP contribution in [0.1, 0.15) is 28.9 Å². The van der Waals surface area contributed by atoms with Crippen LogP contribution in [0.15, 0.2) is 18.5 Å². The molecule has 0 spiro atoms. The molecule has 1 amide bonds. The number of rotatable bonds is 4. The van der Waals surface area contributed by atoms with Crippen LogP contribution < -0.4 is 16.4 Å². The second-order valence-electron chi connectivity index (χ2n) is 5.81. The molecule has 5 N–H and O–H groups in total. The highest BCUT2D eigenvalue weighted by molar-refractivity contribution is 5.92. The Balaban J connectivity index is 1.96. The minimum atomic E-state index is -4.62. The van der Waals surface area contributed by atoms with Gasteiger partial charge in [0.25, 0.3) is 5.91 Å². The van der Waals surface area contributed by atoms with Crippen molar-refractivity contribution in [2.24, 2.45) is 5.73 Å². The van der Waals surface area contributed by atoms with E-state index in [0.29, 0.717) is 6.54 Å². The Morgan fingerprint density at radius 2 is 2.20 bits per heavy atom. The normalized spacial score (nSPS) is 18.1. The van der Waals surface area contributed by atoms with Gasteiger partial charge in [0.15, 0.2) is 0 Å². The van der Waals surface area contributed by atoms with Gasteiger partial charge in [-0.2, -0.15) is 13.2 Å². The van der Waals surface area contributed by atoms with Gasteiger partial charge in [-0.25, -0.2) is 9.97 Å². The summed E-state index contributed by atoms with van der Waals surface area (Å²) in [5.74, 6) is -0.654. The molecule has 1 aliphatic rings. The highest BCUT2D eigenvalue weighted by Crippen LogP contribution is 2.36. The van der Waals surface area contributed by atoms with Crippen molar-refractivity contribution in [1.82, 2.24) is 20.3 Å². The Bertz CT molecular complexity index is 767. The van der Waals surface area contributed by atoms with Crippen molar-refractivity contribution in [3.63, 3.8) is 0 Å². The number of anilines is 1. The molecule has 134 valence electrons. The third-order valence-electron chi connectivity index (χ3n) is 3.95.